The summed E-state index contributed by atoms with van der Waals surface area (Å²) < 4.78 is 0. The standard InChI is InChI=1S/C75H76Si/c1-50-11-23-60(24-12-50)35-66-41-67(36-61-25-13-51(2)14-26-61)45-72(44-66)76(75-58(9)56(7)57(8)59(75)10,73-46-68(37-62-27-15-52(3)16-28-62)42-69(47-73)38-63-29-17-53(4)18-30-63)74-48-70(39-64-31-19-54(5)20-32-64)43-71(49-74)40-65-33-21-55(6)22-34-65/h11-34,41-49,58H,35-40H2,1-10H3. The van der Waals surface area contributed by atoms with Crippen molar-refractivity contribution in [2.45, 2.75) is 108 Å². The molecule has 1 atom stereocenters. The first-order valence-electron chi connectivity index (χ1n) is 27.8. The van der Waals surface area contributed by atoms with E-state index in [0.29, 0.717) is 0 Å². The maximum Gasteiger partial charge on any atom is 0.176 e. The van der Waals surface area contributed by atoms with E-state index < -0.39 is 8.07 Å². The van der Waals surface area contributed by atoms with E-state index in [0.717, 1.165) is 38.5 Å². The van der Waals surface area contributed by atoms with Gasteiger partial charge in [-0.2, -0.15) is 0 Å². The van der Waals surface area contributed by atoms with E-state index >= 15 is 0 Å². The SMILES string of the molecule is CC1=C(C)C(C)C([Si](c2cc(Cc3ccc(C)cc3)cc(Cc3ccc(C)cc3)c2)(c2cc(Cc3ccc(C)cc3)cc(Cc3ccc(C)cc3)c2)c2cc(Cc3ccc(C)cc3)cc(Cc3ccc(C)cc3)c2)=C1C. The maximum atomic E-state index is 2.68. The minimum atomic E-state index is -3.31. The summed E-state index contributed by atoms with van der Waals surface area (Å²) in [5, 5.41) is 6.06. The third-order valence-corrected chi connectivity index (χ3v) is 21.8. The number of benzene rings is 9. The van der Waals surface area contributed by atoms with E-state index in [-0.39, 0.29) is 5.92 Å². The highest BCUT2D eigenvalue weighted by Gasteiger charge is 2.49. The molecule has 0 nitrogen and oxygen atoms in total. The summed E-state index contributed by atoms with van der Waals surface area (Å²) in [4.78, 5) is 0. The fraction of sp³-hybridized carbons (Fsp3) is 0.227. The van der Waals surface area contributed by atoms with Gasteiger partial charge >= 0.3 is 0 Å². The Morgan fingerprint density at radius 1 is 0.250 bits per heavy atom. The van der Waals surface area contributed by atoms with E-state index in [1.165, 1.54) is 132 Å². The van der Waals surface area contributed by atoms with Crippen LogP contribution in [0.4, 0.5) is 0 Å². The molecule has 10 rings (SSSR count). The predicted molar refractivity (Wildman–Crippen MR) is 328 cm³/mol. The molecule has 0 saturated heterocycles. The predicted octanol–water partition coefficient (Wildman–Crippen LogP) is 16.4. The van der Waals surface area contributed by atoms with Crippen molar-refractivity contribution in [2.75, 3.05) is 0 Å². The van der Waals surface area contributed by atoms with Crippen LogP contribution in [0.1, 0.15) is 128 Å². The Morgan fingerprint density at radius 2 is 0.447 bits per heavy atom. The lowest BCUT2D eigenvalue weighted by molar-refractivity contribution is 0.851. The van der Waals surface area contributed by atoms with E-state index in [4.69, 9.17) is 0 Å². The smallest absolute Gasteiger partial charge is 0.0636 e. The minimum absolute atomic E-state index is 0.246. The van der Waals surface area contributed by atoms with Gasteiger partial charge in [0.15, 0.2) is 8.07 Å². The molecule has 0 aliphatic heterocycles. The van der Waals surface area contributed by atoms with Crippen LogP contribution in [0, 0.1) is 47.5 Å². The molecule has 0 radical (unpaired) electrons. The Labute approximate surface area is 457 Å². The third-order valence-electron chi connectivity index (χ3n) is 16.7. The Balaban J connectivity index is 1.33. The lowest BCUT2D eigenvalue weighted by Gasteiger charge is -2.40. The van der Waals surface area contributed by atoms with Crippen molar-refractivity contribution < 1.29 is 0 Å². The van der Waals surface area contributed by atoms with Crippen LogP contribution in [0.3, 0.4) is 0 Å². The second kappa shape index (κ2) is 22.5. The van der Waals surface area contributed by atoms with E-state index in [1.807, 2.05) is 0 Å². The van der Waals surface area contributed by atoms with Crippen LogP contribution in [-0.2, 0) is 38.5 Å². The second-order valence-corrected chi connectivity index (χ2v) is 26.7. The molecule has 1 aliphatic rings. The summed E-state index contributed by atoms with van der Waals surface area (Å²) in [6.45, 7) is 23.0. The van der Waals surface area contributed by atoms with Crippen LogP contribution in [0.5, 0.6) is 0 Å². The quantitative estimate of drug-likeness (QED) is 0.0668. The van der Waals surface area contributed by atoms with Gasteiger partial charge in [-0.25, -0.2) is 0 Å². The number of rotatable bonds is 16. The molecule has 76 heavy (non-hydrogen) atoms. The van der Waals surface area contributed by atoms with Gasteiger partial charge in [0.2, 0.25) is 0 Å². The first-order valence-corrected chi connectivity index (χ1v) is 29.8. The number of aryl methyl sites for hydroxylation is 6. The Hall–Kier alpha value is -7.32. The van der Waals surface area contributed by atoms with E-state index in [1.54, 1.807) is 5.20 Å². The van der Waals surface area contributed by atoms with Gasteiger partial charge < -0.3 is 0 Å². The monoisotopic (exact) mass is 1000 g/mol. The van der Waals surface area contributed by atoms with E-state index in [2.05, 4.69) is 269 Å². The molecule has 1 heteroatoms. The molecule has 380 valence electrons. The largest absolute Gasteiger partial charge is 0.176 e. The molecule has 0 spiro atoms. The fourth-order valence-electron chi connectivity index (χ4n) is 12.1. The molecule has 0 heterocycles. The van der Waals surface area contributed by atoms with Crippen LogP contribution in [0.15, 0.2) is 222 Å². The lowest BCUT2D eigenvalue weighted by Crippen LogP contribution is -2.70. The first-order chi connectivity index (χ1) is 36.6. The van der Waals surface area contributed by atoms with Crippen LogP contribution >= 0.6 is 0 Å². The van der Waals surface area contributed by atoms with Crippen molar-refractivity contribution in [1.29, 1.82) is 0 Å². The molecular formula is C75H76Si. The Bertz CT molecular complexity index is 3030. The number of allylic oxidation sites excluding steroid dienone is 4. The fourth-order valence-corrected chi connectivity index (χ4v) is 18.1. The van der Waals surface area contributed by atoms with Gasteiger partial charge in [-0.3, -0.25) is 0 Å². The molecule has 1 unspecified atom stereocenters. The van der Waals surface area contributed by atoms with Crippen molar-refractivity contribution in [2.24, 2.45) is 5.92 Å². The minimum Gasteiger partial charge on any atom is -0.0636 e. The summed E-state index contributed by atoms with van der Waals surface area (Å²) in [5.74, 6) is 0.246. The number of hydrogen-bond acceptors (Lipinski definition) is 0. The summed E-state index contributed by atoms with van der Waals surface area (Å²) in [5.41, 5.74) is 28.4. The summed E-state index contributed by atoms with van der Waals surface area (Å²) in [7, 11) is -3.31. The summed E-state index contributed by atoms with van der Waals surface area (Å²) in [6, 6.07) is 79.1. The van der Waals surface area contributed by atoms with Crippen molar-refractivity contribution in [3.05, 3.63) is 322 Å². The highest BCUT2D eigenvalue weighted by molar-refractivity contribution is 7.16. The Morgan fingerprint density at radius 3 is 0.618 bits per heavy atom. The topological polar surface area (TPSA) is 0 Å². The number of hydrogen-bond donors (Lipinski definition) is 0. The zero-order valence-corrected chi connectivity index (χ0v) is 47.9. The normalized spacial score (nSPS) is 13.7. The van der Waals surface area contributed by atoms with Crippen LogP contribution in [-0.4, -0.2) is 8.07 Å². The van der Waals surface area contributed by atoms with Crippen molar-refractivity contribution in [1.82, 2.24) is 0 Å². The van der Waals surface area contributed by atoms with Gasteiger partial charge in [0, 0.05) is 0 Å². The zero-order chi connectivity index (χ0) is 53.1. The van der Waals surface area contributed by atoms with Gasteiger partial charge in [-0.15, -0.1) is 0 Å². The molecule has 9 aromatic carbocycles. The van der Waals surface area contributed by atoms with Gasteiger partial charge in [0.05, 0.1) is 0 Å². The van der Waals surface area contributed by atoms with E-state index in [9.17, 15) is 0 Å². The summed E-state index contributed by atoms with van der Waals surface area (Å²) in [6.07, 6.45) is 5.18. The molecule has 0 bridgehead atoms. The molecule has 0 aromatic heterocycles. The third kappa shape index (κ3) is 11.7. The van der Waals surface area contributed by atoms with Gasteiger partial charge in [-0.1, -0.05) is 257 Å². The molecule has 9 aromatic rings. The van der Waals surface area contributed by atoms with Crippen LogP contribution < -0.4 is 15.6 Å². The van der Waals surface area contributed by atoms with Crippen molar-refractivity contribution in [3.8, 4) is 0 Å². The lowest BCUT2D eigenvalue weighted by atomic mass is 9.98. The van der Waals surface area contributed by atoms with Gasteiger partial charge in [0.1, 0.15) is 0 Å². The van der Waals surface area contributed by atoms with Crippen LogP contribution in [0.2, 0.25) is 0 Å². The first kappa shape index (κ1) is 52.1. The molecule has 1 aliphatic carbocycles. The second-order valence-electron chi connectivity index (χ2n) is 22.9. The van der Waals surface area contributed by atoms with Crippen molar-refractivity contribution in [3.63, 3.8) is 0 Å². The maximum absolute atomic E-state index is 3.31. The zero-order valence-electron chi connectivity index (χ0n) is 46.9. The van der Waals surface area contributed by atoms with Crippen molar-refractivity contribution >= 4 is 23.6 Å². The molecule has 0 fully saturated rings. The Kier molecular flexibility index (Phi) is 15.4. The van der Waals surface area contributed by atoms with Gasteiger partial charge in [-0.05, 0) is 195 Å². The highest BCUT2D eigenvalue weighted by Crippen LogP contribution is 2.42. The highest BCUT2D eigenvalue weighted by atomic mass is 28.3. The van der Waals surface area contributed by atoms with Gasteiger partial charge in [0.25, 0.3) is 0 Å². The average molecular weight is 1010 g/mol. The summed E-state index contributed by atoms with van der Waals surface area (Å²) >= 11 is 0. The van der Waals surface area contributed by atoms with Crippen LogP contribution in [0.25, 0.3) is 0 Å². The molecule has 0 N–H and O–H groups in total. The molecule has 0 amide bonds. The molecule has 0 saturated carbocycles. The average Bonchev–Trinajstić information content (AvgIpc) is 3.71. The molecular weight excluding hydrogens is 929 g/mol.